The average Bonchev–Trinajstić information content (AvgIpc) is 3.12. The van der Waals surface area contributed by atoms with Crippen molar-refractivity contribution in [1.82, 2.24) is 4.40 Å². The SMILES string of the molecule is COc1ccc(-c2cc(C(=O)c3ccc(C(F)(F)F)cc3)n3ccccc23)cc1. The number of benzene rings is 2. The van der Waals surface area contributed by atoms with Crippen molar-refractivity contribution in [3.05, 3.63) is 95.8 Å². The van der Waals surface area contributed by atoms with Crippen molar-refractivity contribution < 1.29 is 22.7 Å². The molecule has 6 heteroatoms. The summed E-state index contributed by atoms with van der Waals surface area (Å²) in [6.45, 7) is 0. The van der Waals surface area contributed by atoms with E-state index in [0.29, 0.717) is 5.69 Å². The highest BCUT2D eigenvalue weighted by molar-refractivity contribution is 6.10. The summed E-state index contributed by atoms with van der Waals surface area (Å²) < 4.78 is 45.3. The number of halogens is 3. The summed E-state index contributed by atoms with van der Waals surface area (Å²) in [6, 6.07) is 19.0. The van der Waals surface area contributed by atoms with Gasteiger partial charge in [0.15, 0.2) is 0 Å². The van der Waals surface area contributed by atoms with E-state index >= 15 is 0 Å². The molecule has 0 radical (unpaired) electrons. The lowest BCUT2D eigenvalue weighted by molar-refractivity contribution is -0.137. The van der Waals surface area contributed by atoms with Gasteiger partial charge in [0.25, 0.3) is 0 Å². The van der Waals surface area contributed by atoms with Crippen molar-refractivity contribution in [3.63, 3.8) is 0 Å². The fourth-order valence-corrected chi connectivity index (χ4v) is 3.29. The molecule has 2 aromatic heterocycles. The number of carbonyl (C=O) groups excluding carboxylic acids is 1. The van der Waals surface area contributed by atoms with Gasteiger partial charge in [0.2, 0.25) is 5.78 Å². The Morgan fingerprint density at radius 3 is 2.24 bits per heavy atom. The molecule has 146 valence electrons. The summed E-state index contributed by atoms with van der Waals surface area (Å²) in [6.07, 6.45) is -2.68. The van der Waals surface area contributed by atoms with Crippen LogP contribution in [0.2, 0.25) is 0 Å². The van der Waals surface area contributed by atoms with Gasteiger partial charge in [0, 0.05) is 17.3 Å². The third-order valence-corrected chi connectivity index (χ3v) is 4.78. The van der Waals surface area contributed by atoms with Crippen molar-refractivity contribution in [3.8, 4) is 16.9 Å². The molecule has 2 heterocycles. The molecule has 4 aromatic rings. The monoisotopic (exact) mass is 395 g/mol. The first kappa shape index (κ1) is 18.8. The lowest BCUT2D eigenvalue weighted by atomic mass is 10.0. The second-order valence-corrected chi connectivity index (χ2v) is 6.53. The van der Waals surface area contributed by atoms with E-state index in [4.69, 9.17) is 4.74 Å². The lowest BCUT2D eigenvalue weighted by Crippen LogP contribution is -2.08. The maximum absolute atomic E-state index is 13.0. The lowest BCUT2D eigenvalue weighted by Gasteiger charge is -2.07. The van der Waals surface area contributed by atoms with Gasteiger partial charge in [-0.15, -0.1) is 0 Å². The highest BCUT2D eigenvalue weighted by Crippen LogP contribution is 2.32. The minimum atomic E-state index is -4.44. The van der Waals surface area contributed by atoms with E-state index in [1.807, 2.05) is 36.4 Å². The molecule has 0 saturated carbocycles. The summed E-state index contributed by atoms with van der Waals surface area (Å²) >= 11 is 0. The van der Waals surface area contributed by atoms with Gasteiger partial charge in [-0.2, -0.15) is 13.2 Å². The number of nitrogens with zero attached hydrogens (tertiary/aromatic N) is 1. The van der Waals surface area contributed by atoms with E-state index in [1.165, 1.54) is 12.1 Å². The van der Waals surface area contributed by atoms with E-state index in [2.05, 4.69) is 0 Å². The van der Waals surface area contributed by atoms with Crippen LogP contribution in [0.15, 0.2) is 79.0 Å². The highest BCUT2D eigenvalue weighted by Gasteiger charge is 2.30. The first-order chi connectivity index (χ1) is 13.9. The molecule has 0 atom stereocenters. The molecule has 0 bridgehead atoms. The molecule has 4 rings (SSSR count). The predicted octanol–water partition coefficient (Wildman–Crippen LogP) is 5.86. The number of carbonyl (C=O) groups is 1. The third kappa shape index (κ3) is 3.49. The van der Waals surface area contributed by atoms with Crippen LogP contribution in [0.1, 0.15) is 21.6 Å². The number of fused-ring (bicyclic) bond motifs is 1. The molecule has 0 aliphatic rings. The van der Waals surface area contributed by atoms with Crippen LogP contribution in [0, 0.1) is 0 Å². The number of pyridine rings is 1. The molecule has 2 aromatic carbocycles. The van der Waals surface area contributed by atoms with Gasteiger partial charge >= 0.3 is 6.18 Å². The summed E-state index contributed by atoms with van der Waals surface area (Å²) in [5, 5.41) is 0. The molecular weight excluding hydrogens is 379 g/mol. The Hall–Kier alpha value is -3.54. The summed E-state index contributed by atoms with van der Waals surface area (Å²) in [7, 11) is 1.59. The van der Waals surface area contributed by atoms with Gasteiger partial charge in [-0.25, -0.2) is 0 Å². The van der Waals surface area contributed by atoms with Gasteiger partial charge in [-0.05, 0) is 48.0 Å². The minimum absolute atomic E-state index is 0.197. The fourth-order valence-electron chi connectivity index (χ4n) is 3.29. The number of alkyl halides is 3. The zero-order valence-corrected chi connectivity index (χ0v) is 15.4. The Bertz CT molecular complexity index is 1170. The van der Waals surface area contributed by atoms with Crippen LogP contribution in [-0.4, -0.2) is 17.3 Å². The molecule has 0 amide bonds. The molecule has 0 saturated heterocycles. The van der Waals surface area contributed by atoms with E-state index < -0.39 is 11.7 Å². The largest absolute Gasteiger partial charge is 0.497 e. The zero-order chi connectivity index (χ0) is 20.6. The standard InChI is InChI=1S/C23H16F3NO2/c1-29-18-11-7-15(8-12-18)19-14-21(27-13-3-2-4-20(19)27)22(28)16-5-9-17(10-6-16)23(24,25)26/h2-14H,1H3. The van der Waals surface area contributed by atoms with Crippen LogP contribution in [0.3, 0.4) is 0 Å². The van der Waals surface area contributed by atoms with Gasteiger partial charge in [-0.3, -0.25) is 4.79 Å². The first-order valence-electron chi connectivity index (χ1n) is 8.85. The summed E-state index contributed by atoms with van der Waals surface area (Å²) in [5.74, 6) is 0.373. The number of ether oxygens (including phenoxy) is 1. The van der Waals surface area contributed by atoms with Crippen molar-refractivity contribution in [2.75, 3.05) is 7.11 Å². The molecule has 0 N–H and O–H groups in total. The van der Waals surface area contributed by atoms with Gasteiger partial charge < -0.3 is 9.14 Å². The molecule has 0 fully saturated rings. The Balaban J connectivity index is 1.79. The summed E-state index contributed by atoms with van der Waals surface area (Å²) in [5.41, 5.74) is 2.37. The number of methoxy groups -OCH3 is 1. The minimum Gasteiger partial charge on any atom is -0.497 e. The van der Waals surface area contributed by atoms with Crippen LogP contribution in [0.4, 0.5) is 13.2 Å². The topological polar surface area (TPSA) is 30.7 Å². The second-order valence-electron chi connectivity index (χ2n) is 6.53. The molecule has 0 spiro atoms. The van der Waals surface area contributed by atoms with E-state index in [9.17, 15) is 18.0 Å². The van der Waals surface area contributed by atoms with Gasteiger partial charge in [-0.1, -0.05) is 30.3 Å². The fraction of sp³-hybridized carbons (Fsp3) is 0.0870. The molecule has 0 aliphatic carbocycles. The molecule has 3 nitrogen and oxygen atoms in total. The highest BCUT2D eigenvalue weighted by atomic mass is 19.4. The van der Waals surface area contributed by atoms with Crippen LogP contribution in [0.25, 0.3) is 16.6 Å². The average molecular weight is 395 g/mol. The maximum Gasteiger partial charge on any atom is 0.416 e. The normalized spacial score (nSPS) is 11.6. The van der Waals surface area contributed by atoms with Gasteiger partial charge in [0.05, 0.1) is 23.9 Å². The van der Waals surface area contributed by atoms with Crippen LogP contribution >= 0.6 is 0 Å². The van der Waals surface area contributed by atoms with Crippen molar-refractivity contribution in [1.29, 1.82) is 0 Å². The maximum atomic E-state index is 13.0. The number of hydrogen-bond donors (Lipinski definition) is 0. The number of rotatable bonds is 4. The molecule has 0 aliphatic heterocycles. The Kier molecular flexibility index (Phi) is 4.62. The second kappa shape index (κ2) is 7.13. The zero-order valence-electron chi connectivity index (χ0n) is 15.4. The molecular formula is C23H16F3NO2. The van der Waals surface area contributed by atoms with E-state index in [0.717, 1.165) is 34.5 Å². The molecule has 0 unspecified atom stereocenters. The van der Waals surface area contributed by atoms with Gasteiger partial charge in [0.1, 0.15) is 5.75 Å². The first-order valence-corrected chi connectivity index (χ1v) is 8.85. The number of hydrogen-bond acceptors (Lipinski definition) is 2. The quantitative estimate of drug-likeness (QED) is 0.405. The predicted molar refractivity (Wildman–Crippen MR) is 104 cm³/mol. The van der Waals surface area contributed by atoms with Crippen LogP contribution in [-0.2, 0) is 6.18 Å². The van der Waals surface area contributed by atoms with Crippen molar-refractivity contribution >= 4 is 11.3 Å². The Labute approximate surface area is 165 Å². The van der Waals surface area contributed by atoms with Crippen molar-refractivity contribution in [2.45, 2.75) is 6.18 Å². The van der Waals surface area contributed by atoms with Crippen molar-refractivity contribution in [2.24, 2.45) is 0 Å². The number of aromatic nitrogens is 1. The Morgan fingerprint density at radius 1 is 0.931 bits per heavy atom. The Morgan fingerprint density at radius 2 is 1.62 bits per heavy atom. The smallest absolute Gasteiger partial charge is 0.416 e. The van der Waals surface area contributed by atoms with Crippen LogP contribution in [0.5, 0.6) is 5.75 Å². The van der Waals surface area contributed by atoms with E-state index in [1.54, 1.807) is 29.8 Å². The third-order valence-electron chi connectivity index (χ3n) is 4.78. The van der Waals surface area contributed by atoms with Crippen LogP contribution < -0.4 is 4.74 Å². The molecule has 29 heavy (non-hydrogen) atoms. The number of ketones is 1. The summed E-state index contributed by atoms with van der Waals surface area (Å²) in [4.78, 5) is 13.0. The van der Waals surface area contributed by atoms with E-state index in [-0.39, 0.29) is 11.3 Å².